The van der Waals surface area contributed by atoms with Crippen molar-refractivity contribution in [1.82, 2.24) is 25.0 Å². The lowest BCUT2D eigenvalue weighted by atomic mass is 10.1. The molecule has 8 heteroatoms. The molecule has 2 aromatic heterocycles. The molecule has 0 spiro atoms. The molecule has 1 N–H and O–H groups in total. The predicted molar refractivity (Wildman–Crippen MR) is 144 cm³/mol. The Morgan fingerprint density at radius 2 is 1.38 bits per heavy atom. The number of hydrogen-bond donors (Lipinski definition) is 1. The summed E-state index contributed by atoms with van der Waals surface area (Å²) >= 11 is 0. The van der Waals surface area contributed by atoms with Crippen LogP contribution >= 0.6 is 0 Å². The van der Waals surface area contributed by atoms with Gasteiger partial charge in [-0.05, 0) is 31.0 Å². The predicted octanol–water partition coefficient (Wildman–Crippen LogP) is 4.07. The van der Waals surface area contributed by atoms with Crippen LogP contribution in [0, 0.1) is 13.8 Å². The molecule has 0 bridgehead atoms. The number of benzene rings is 3. The fourth-order valence-corrected chi connectivity index (χ4v) is 4.28. The molecule has 37 heavy (non-hydrogen) atoms. The molecule has 0 aliphatic heterocycles. The lowest BCUT2D eigenvalue weighted by Crippen LogP contribution is -2.29. The van der Waals surface area contributed by atoms with Crippen LogP contribution in [0.1, 0.15) is 38.6 Å². The van der Waals surface area contributed by atoms with E-state index in [1.807, 2.05) is 67.1 Å². The summed E-state index contributed by atoms with van der Waals surface area (Å²) in [6.07, 6.45) is 1.60. The monoisotopic (exact) mass is 490 g/mol. The van der Waals surface area contributed by atoms with E-state index in [4.69, 9.17) is 0 Å². The molecule has 0 saturated heterocycles. The van der Waals surface area contributed by atoms with Crippen LogP contribution in [0.4, 0.5) is 0 Å². The van der Waals surface area contributed by atoms with Crippen LogP contribution in [0.3, 0.4) is 0 Å². The van der Waals surface area contributed by atoms with E-state index >= 15 is 0 Å². The molecule has 1 amide bonds. The van der Waals surface area contributed by atoms with Gasteiger partial charge >= 0.3 is 0 Å². The lowest BCUT2D eigenvalue weighted by Gasteiger charge is -2.10. The van der Waals surface area contributed by atoms with Gasteiger partial charge in [-0.3, -0.25) is 14.3 Å². The normalized spacial score (nSPS) is 11.3. The van der Waals surface area contributed by atoms with Gasteiger partial charge in [0.2, 0.25) is 0 Å². The second kappa shape index (κ2) is 10.4. The van der Waals surface area contributed by atoms with E-state index in [9.17, 15) is 9.59 Å². The van der Waals surface area contributed by atoms with Crippen molar-refractivity contribution in [3.8, 4) is 0 Å². The van der Waals surface area contributed by atoms with Gasteiger partial charge in [0.1, 0.15) is 0 Å². The summed E-state index contributed by atoms with van der Waals surface area (Å²) in [5.74, 6) is -0.499. The zero-order valence-corrected chi connectivity index (χ0v) is 20.6. The zero-order valence-electron chi connectivity index (χ0n) is 20.6. The molecule has 5 aromatic rings. The van der Waals surface area contributed by atoms with Gasteiger partial charge in [0.15, 0.2) is 5.69 Å². The standard InChI is InChI=1S/C29H26N6O2/c1-20-26(21(2)34(32-20)18-22-11-5-3-6-12-22)17-30-31-28(36)27-24-15-9-10-16-25(24)29(37)35(33-27)19-23-13-7-4-8-14-23/h3-17H,18-19H2,1-2H3,(H,31,36)/b30-17+. The molecule has 0 atom stereocenters. The van der Waals surface area contributed by atoms with Gasteiger partial charge in [0.25, 0.3) is 11.5 Å². The number of nitrogens with one attached hydrogen (secondary N) is 1. The molecule has 3 aromatic carbocycles. The second-order valence-electron chi connectivity index (χ2n) is 8.77. The summed E-state index contributed by atoms with van der Waals surface area (Å²) in [5, 5.41) is 14.1. The summed E-state index contributed by atoms with van der Waals surface area (Å²) in [5.41, 5.74) is 7.11. The minimum absolute atomic E-state index is 0.136. The fraction of sp³-hybridized carbons (Fsp3) is 0.138. The molecule has 5 rings (SSSR count). The van der Waals surface area contributed by atoms with E-state index < -0.39 is 5.91 Å². The number of fused-ring (bicyclic) bond motifs is 1. The van der Waals surface area contributed by atoms with Gasteiger partial charge in [0.05, 0.1) is 30.4 Å². The third kappa shape index (κ3) is 5.08. The van der Waals surface area contributed by atoms with Gasteiger partial charge in [-0.1, -0.05) is 78.9 Å². The largest absolute Gasteiger partial charge is 0.292 e. The number of aryl methyl sites for hydroxylation is 1. The van der Waals surface area contributed by atoms with Crippen LogP contribution in [0.5, 0.6) is 0 Å². The van der Waals surface area contributed by atoms with Crippen molar-refractivity contribution in [3.63, 3.8) is 0 Å². The van der Waals surface area contributed by atoms with Crippen molar-refractivity contribution >= 4 is 22.9 Å². The van der Waals surface area contributed by atoms with E-state index in [0.717, 1.165) is 28.1 Å². The van der Waals surface area contributed by atoms with Crippen LogP contribution in [0.2, 0.25) is 0 Å². The van der Waals surface area contributed by atoms with Crippen molar-refractivity contribution in [2.75, 3.05) is 0 Å². The van der Waals surface area contributed by atoms with Crippen molar-refractivity contribution < 1.29 is 4.79 Å². The highest BCUT2D eigenvalue weighted by Gasteiger charge is 2.17. The first kappa shape index (κ1) is 23.9. The number of rotatable bonds is 7. The van der Waals surface area contributed by atoms with E-state index in [2.05, 4.69) is 32.9 Å². The number of amides is 1. The molecule has 0 unspecified atom stereocenters. The molecule has 0 aliphatic rings. The van der Waals surface area contributed by atoms with Gasteiger partial charge in [-0.15, -0.1) is 0 Å². The van der Waals surface area contributed by atoms with Crippen LogP contribution in [-0.2, 0) is 13.1 Å². The summed E-state index contributed by atoms with van der Waals surface area (Å²) in [6.45, 7) is 4.78. The highest BCUT2D eigenvalue weighted by atomic mass is 16.2. The van der Waals surface area contributed by atoms with Crippen LogP contribution in [0.15, 0.2) is 94.8 Å². The van der Waals surface area contributed by atoms with Crippen molar-refractivity contribution in [1.29, 1.82) is 0 Å². The summed E-state index contributed by atoms with van der Waals surface area (Å²) in [6, 6.07) is 26.6. The number of hydrogen-bond acceptors (Lipinski definition) is 5. The first-order valence-corrected chi connectivity index (χ1v) is 12.0. The van der Waals surface area contributed by atoms with E-state index in [0.29, 0.717) is 17.3 Å². The Kier molecular flexibility index (Phi) is 6.72. The topological polar surface area (TPSA) is 94.2 Å². The molecule has 184 valence electrons. The van der Waals surface area contributed by atoms with Crippen LogP contribution in [0.25, 0.3) is 10.8 Å². The molecular formula is C29H26N6O2. The Bertz CT molecular complexity index is 1650. The molecule has 0 radical (unpaired) electrons. The average Bonchev–Trinajstić information content (AvgIpc) is 3.18. The molecule has 0 saturated carbocycles. The van der Waals surface area contributed by atoms with Crippen molar-refractivity contribution in [3.05, 3.63) is 129 Å². The smallest absolute Gasteiger partial charge is 0.267 e. The average molecular weight is 491 g/mol. The van der Waals surface area contributed by atoms with Gasteiger partial charge in [-0.2, -0.15) is 15.3 Å². The molecule has 8 nitrogen and oxygen atoms in total. The maximum Gasteiger partial charge on any atom is 0.292 e. The zero-order chi connectivity index (χ0) is 25.8. The number of nitrogens with zero attached hydrogens (tertiary/aromatic N) is 5. The molecule has 0 fully saturated rings. The number of carbonyl (C=O) groups is 1. The third-order valence-electron chi connectivity index (χ3n) is 6.23. The maximum absolute atomic E-state index is 13.2. The van der Waals surface area contributed by atoms with E-state index in [1.54, 1.807) is 30.5 Å². The Balaban J connectivity index is 1.40. The maximum atomic E-state index is 13.2. The number of hydrazone groups is 1. The van der Waals surface area contributed by atoms with E-state index in [-0.39, 0.29) is 17.8 Å². The Morgan fingerprint density at radius 3 is 2.03 bits per heavy atom. The highest BCUT2D eigenvalue weighted by Crippen LogP contribution is 2.15. The summed E-state index contributed by atoms with van der Waals surface area (Å²) in [7, 11) is 0. The first-order chi connectivity index (χ1) is 18.0. The second-order valence-corrected chi connectivity index (χ2v) is 8.77. The molecule has 0 aliphatic carbocycles. The van der Waals surface area contributed by atoms with Crippen LogP contribution < -0.4 is 11.0 Å². The lowest BCUT2D eigenvalue weighted by molar-refractivity contribution is 0.0949. The molecular weight excluding hydrogens is 464 g/mol. The number of carbonyl (C=O) groups excluding carboxylic acids is 1. The van der Waals surface area contributed by atoms with E-state index in [1.165, 1.54) is 4.68 Å². The fourth-order valence-electron chi connectivity index (χ4n) is 4.28. The number of aromatic nitrogens is 4. The minimum Gasteiger partial charge on any atom is -0.267 e. The van der Waals surface area contributed by atoms with Gasteiger partial charge < -0.3 is 0 Å². The Hall–Kier alpha value is -4.85. The third-order valence-corrected chi connectivity index (χ3v) is 6.23. The van der Waals surface area contributed by atoms with Crippen molar-refractivity contribution in [2.24, 2.45) is 5.10 Å². The van der Waals surface area contributed by atoms with Gasteiger partial charge in [0, 0.05) is 16.6 Å². The van der Waals surface area contributed by atoms with Crippen LogP contribution in [-0.4, -0.2) is 31.7 Å². The quantitative estimate of drug-likeness (QED) is 0.275. The first-order valence-electron chi connectivity index (χ1n) is 12.0. The van der Waals surface area contributed by atoms with Gasteiger partial charge in [-0.25, -0.2) is 10.1 Å². The Morgan fingerprint density at radius 1 is 0.811 bits per heavy atom. The highest BCUT2D eigenvalue weighted by molar-refractivity contribution is 6.05. The minimum atomic E-state index is -0.499. The summed E-state index contributed by atoms with van der Waals surface area (Å²) < 4.78 is 3.24. The SMILES string of the molecule is Cc1nn(Cc2ccccc2)c(C)c1/C=N/NC(=O)c1nn(Cc2ccccc2)c(=O)c2ccccc12. The van der Waals surface area contributed by atoms with Crippen molar-refractivity contribution in [2.45, 2.75) is 26.9 Å². The molecule has 2 heterocycles. The summed E-state index contributed by atoms with van der Waals surface area (Å²) in [4.78, 5) is 26.2. The Labute approximate surface area is 213 Å².